The summed E-state index contributed by atoms with van der Waals surface area (Å²) in [7, 11) is 0. The van der Waals surface area contributed by atoms with Crippen LogP contribution in [-0.4, -0.2) is 45.6 Å². The van der Waals surface area contributed by atoms with Crippen LogP contribution in [0, 0.1) is 22.7 Å². The Morgan fingerprint density at radius 2 is 1.16 bits per heavy atom. The van der Waals surface area contributed by atoms with Crippen molar-refractivity contribution in [2.24, 2.45) is 0 Å². The van der Waals surface area contributed by atoms with Gasteiger partial charge in [-0.2, -0.15) is 10.5 Å². The summed E-state index contributed by atoms with van der Waals surface area (Å²) in [6.45, 7) is 6.01. The summed E-state index contributed by atoms with van der Waals surface area (Å²) in [6, 6.07) is 2.74. The highest BCUT2D eigenvalue weighted by atomic mass is 16.4. The summed E-state index contributed by atoms with van der Waals surface area (Å²) in [6.07, 6.45) is 0.500. The smallest absolute Gasteiger partial charge is 0.345 e. The number of aliphatic hydroxyl groups is 2. The molecule has 0 aliphatic carbocycles. The lowest BCUT2D eigenvalue weighted by molar-refractivity contribution is -0.133. The summed E-state index contributed by atoms with van der Waals surface area (Å²) < 4.78 is 0. The number of nitrogens with zero attached hydrogens (tertiary/aromatic N) is 2. The Morgan fingerprint density at radius 1 is 0.895 bits per heavy atom. The van der Waals surface area contributed by atoms with Gasteiger partial charge in [-0.05, 0) is 6.42 Å². The summed E-state index contributed by atoms with van der Waals surface area (Å²) in [5, 5.41) is 47.1. The second kappa shape index (κ2) is 15.3. The molecular formula is C11H14N2O6. The van der Waals surface area contributed by atoms with Crippen molar-refractivity contribution in [1.29, 1.82) is 10.5 Å². The van der Waals surface area contributed by atoms with Gasteiger partial charge in [0, 0.05) is 13.2 Å². The fraction of sp³-hybridized carbons (Fsp3) is 0.273. The van der Waals surface area contributed by atoms with Crippen molar-refractivity contribution < 1.29 is 30.0 Å². The number of carbonyl (C=O) groups is 2. The normalized spacial score (nSPS) is 7.16. The molecule has 0 saturated carbocycles. The molecule has 0 aliphatic rings. The van der Waals surface area contributed by atoms with Crippen molar-refractivity contribution in [3.63, 3.8) is 0 Å². The van der Waals surface area contributed by atoms with Gasteiger partial charge in [0.1, 0.15) is 23.3 Å². The SMILES string of the molecule is C=C(C#N)C(=O)O.C=C(C#N)C(=O)O.OCCCO. The lowest BCUT2D eigenvalue weighted by atomic mass is 10.4. The number of aliphatic carboxylic acids is 2. The minimum absolute atomic E-state index is 0.0938. The van der Waals surface area contributed by atoms with Crippen LogP contribution in [0.25, 0.3) is 0 Å². The van der Waals surface area contributed by atoms with E-state index in [0.717, 1.165) is 0 Å². The predicted molar refractivity (Wildman–Crippen MR) is 63.6 cm³/mol. The Morgan fingerprint density at radius 3 is 1.16 bits per heavy atom. The molecule has 0 rings (SSSR count). The van der Waals surface area contributed by atoms with E-state index in [1.54, 1.807) is 0 Å². The first-order valence-electron chi connectivity index (χ1n) is 4.64. The molecule has 0 bridgehead atoms. The minimum Gasteiger partial charge on any atom is -0.477 e. The van der Waals surface area contributed by atoms with E-state index in [9.17, 15) is 9.59 Å². The number of hydrogen-bond acceptors (Lipinski definition) is 6. The van der Waals surface area contributed by atoms with Crippen molar-refractivity contribution >= 4 is 11.9 Å². The van der Waals surface area contributed by atoms with E-state index in [0.29, 0.717) is 6.42 Å². The quantitative estimate of drug-likeness (QED) is 0.398. The van der Waals surface area contributed by atoms with Crippen molar-refractivity contribution in [3.05, 3.63) is 24.3 Å². The predicted octanol–water partition coefficient (Wildman–Crippen LogP) is -0.337. The Balaban J connectivity index is -0.000000206. The molecule has 0 aliphatic heterocycles. The van der Waals surface area contributed by atoms with E-state index in [2.05, 4.69) is 13.2 Å². The first-order chi connectivity index (χ1) is 8.78. The molecular weight excluding hydrogens is 256 g/mol. The van der Waals surface area contributed by atoms with Gasteiger partial charge in [0.05, 0.1) is 0 Å². The van der Waals surface area contributed by atoms with Crippen LogP contribution in [0.2, 0.25) is 0 Å². The molecule has 0 radical (unpaired) electrons. The fourth-order valence-electron chi connectivity index (χ4n) is 0.166. The standard InChI is InChI=1S/2C4H3NO2.C3H8O2/c2*1-3(2-5)4(6)7;4-2-1-3-5/h2*1H2,(H,6,7);4-5H,1-3H2. The highest BCUT2D eigenvalue weighted by molar-refractivity contribution is 5.90. The van der Waals surface area contributed by atoms with Gasteiger partial charge in [0.15, 0.2) is 0 Å². The highest BCUT2D eigenvalue weighted by Crippen LogP contribution is 1.82. The van der Waals surface area contributed by atoms with Crippen molar-refractivity contribution in [3.8, 4) is 12.1 Å². The molecule has 0 fully saturated rings. The summed E-state index contributed by atoms with van der Waals surface area (Å²) in [5.74, 6) is -2.52. The van der Waals surface area contributed by atoms with Gasteiger partial charge in [-0.15, -0.1) is 0 Å². The fourth-order valence-corrected chi connectivity index (χ4v) is 0.166. The Labute approximate surface area is 109 Å². The zero-order valence-corrected chi connectivity index (χ0v) is 10.0. The molecule has 8 heteroatoms. The lowest BCUT2D eigenvalue weighted by Crippen LogP contribution is -1.94. The van der Waals surface area contributed by atoms with Crippen LogP contribution in [0.3, 0.4) is 0 Å². The van der Waals surface area contributed by atoms with Gasteiger partial charge in [-0.3, -0.25) is 0 Å². The van der Waals surface area contributed by atoms with Crippen molar-refractivity contribution in [1.82, 2.24) is 0 Å². The van der Waals surface area contributed by atoms with Gasteiger partial charge in [-0.1, -0.05) is 13.2 Å². The van der Waals surface area contributed by atoms with Gasteiger partial charge >= 0.3 is 11.9 Å². The number of aliphatic hydroxyl groups excluding tert-OH is 2. The van der Waals surface area contributed by atoms with Gasteiger partial charge < -0.3 is 20.4 Å². The Bertz CT molecular complexity index is 364. The average Bonchev–Trinajstić information content (AvgIpc) is 2.38. The van der Waals surface area contributed by atoms with Crippen LogP contribution in [0.1, 0.15) is 6.42 Å². The first-order valence-corrected chi connectivity index (χ1v) is 4.64. The molecule has 104 valence electrons. The molecule has 0 aromatic heterocycles. The van der Waals surface area contributed by atoms with Gasteiger partial charge in [-0.25, -0.2) is 9.59 Å². The maximum absolute atomic E-state index is 9.61. The van der Waals surface area contributed by atoms with E-state index in [1.807, 2.05) is 0 Å². The molecule has 0 heterocycles. The molecule has 19 heavy (non-hydrogen) atoms. The first kappa shape index (κ1) is 21.6. The average molecular weight is 270 g/mol. The second-order valence-corrected chi connectivity index (χ2v) is 2.59. The number of rotatable bonds is 4. The monoisotopic (exact) mass is 270 g/mol. The van der Waals surface area contributed by atoms with Gasteiger partial charge in [0.2, 0.25) is 0 Å². The molecule has 4 N–H and O–H groups in total. The maximum atomic E-state index is 9.61. The number of carboxylic acid groups (broad SMARTS) is 2. The summed E-state index contributed by atoms with van der Waals surface area (Å²) >= 11 is 0. The zero-order valence-electron chi connectivity index (χ0n) is 10.0. The van der Waals surface area contributed by atoms with Crippen molar-refractivity contribution in [2.75, 3.05) is 13.2 Å². The molecule has 0 unspecified atom stereocenters. The topological polar surface area (TPSA) is 163 Å². The zero-order chi connectivity index (χ0) is 15.8. The third kappa shape index (κ3) is 21.2. The number of carboxylic acids is 2. The summed E-state index contributed by atoms with van der Waals surface area (Å²) in [5.41, 5.74) is -0.861. The van der Waals surface area contributed by atoms with Crippen molar-refractivity contribution in [2.45, 2.75) is 6.42 Å². The number of nitriles is 2. The molecule has 8 nitrogen and oxygen atoms in total. The molecule has 0 aromatic rings. The summed E-state index contributed by atoms with van der Waals surface area (Å²) in [4.78, 5) is 19.2. The van der Waals surface area contributed by atoms with Crippen LogP contribution in [0.4, 0.5) is 0 Å². The molecule has 0 aromatic carbocycles. The van der Waals surface area contributed by atoms with Crippen LogP contribution in [0.5, 0.6) is 0 Å². The van der Waals surface area contributed by atoms with Crippen LogP contribution in [-0.2, 0) is 9.59 Å². The minimum atomic E-state index is -1.26. The number of hydrogen-bond donors (Lipinski definition) is 4. The van der Waals surface area contributed by atoms with Gasteiger partial charge in [0.25, 0.3) is 0 Å². The van der Waals surface area contributed by atoms with E-state index in [-0.39, 0.29) is 13.2 Å². The van der Waals surface area contributed by atoms with Crippen LogP contribution < -0.4 is 0 Å². The van der Waals surface area contributed by atoms with Crippen LogP contribution in [0.15, 0.2) is 24.3 Å². The largest absolute Gasteiger partial charge is 0.477 e. The van der Waals surface area contributed by atoms with E-state index < -0.39 is 23.1 Å². The third-order valence-electron chi connectivity index (χ3n) is 1.10. The lowest BCUT2D eigenvalue weighted by Gasteiger charge is -1.79. The Hall–Kier alpha value is -2.68. The van der Waals surface area contributed by atoms with E-state index in [1.165, 1.54) is 12.1 Å². The molecule has 0 spiro atoms. The molecule has 0 amide bonds. The molecule has 0 saturated heterocycles. The van der Waals surface area contributed by atoms with E-state index >= 15 is 0 Å². The second-order valence-electron chi connectivity index (χ2n) is 2.59. The van der Waals surface area contributed by atoms with E-state index in [4.69, 9.17) is 30.9 Å². The maximum Gasteiger partial charge on any atom is 0.345 e. The molecule has 0 atom stereocenters. The Kier molecular flexibility index (Phi) is 17.4. The van der Waals surface area contributed by atoms with Crippen LogP contribution >= 0.6 is 0 Å². The third-order valence-corrected chi connectivity index (χ3v) is 1.10. The highest BCUT2D eigenvalue weighted by Gasteiger charge is 1.98.